The zero-order valence-electron chi connectivity index (χ0n) is 17.3. The van der Waals surface area contributed by atoms with Gasteiger partial charge in [0.25, 0.3) is 0 Å². The number of nitrogens with zero attached hydrogens (tertiary/aromatic N) is 2. The predicted molar refractivity (Wildman–Crippen MR) is 111 cm³/mol. The maximum Gasteiger partial charge on any atom is 0.410 e. The molecule has 7 heteroatoms. The number of hydrogen-bond donors (Lipinski definition) is 0. The molecule has 1 aliphatic carbocycles. The van der Waals surface area contributed by atoms with Crippen molar-refractivity contribution in [1.82, 2.24) is 9.88 Å². The maximum atomic E-state index is 12.5. The fourth-order valence-electron chi connectivity index (χ4n) is 3.90. The fourth-order valence-corrected chi connectivity index (χ4v) is 3.90. The molecule has 1 unspecified atom stereocenters. The van der Waals surface area contributed by atoms with E-state index in [-0.39, 0.29) is 24.9 Å². The van der Waals surface area contributed by atoms with Crippen molar-refractivity contribution in [3.05, 3.63) is 53.9 Å². The van der Waals surface area contributed by atoms with E-state index in [1.165, 1.54) is 12.8 Å². The SMILES string of the molecule is COc1ccc(C2CN(C(=O)OCc3ccccn3)CCO2)cc1OC1CCCC1. The molecule has 1 amide bonds. The Hall–Kier alpha value is -2.80. The predicted octanol–water partition coefficient (Wildman–Crippen LogP) is 4.12. The molecule has 2 heterocycles. The number of pyridine rings is 1. The molecular weight excluding hydrogens is 384 g/mol. The molecular formula is C23H28N2O5. The van der Waals surface area contributed by atoms with E-state index in [2.05, 4.69) is 4.98 Å². The van der Waals surface area contributed by atoms with Gasteiger partial charge in [0.05, 0.1) is 32.1 Å². The highest BCUT2D eigenvalue weighted by Gasteiger charge is 2.28. The fraction of sp³-hybridized carbons (Fsp3) is 0.478. The molecule has 2 aromatic rings. The molecule has 30 heavy (non-hydrogen) atoms. The van der Waals surface area contributed by atoms with E-state index >= 15 is 0 Å². The van der Waals surface area contributed by atoms with Crippen molar-refractivity contribution in [3.8, 4) is 11.5 Å². The van der Waals surface area contributed by atoms with E-state index in [4.69, 9.17) is 18.9 Å². The summed E-state index contributed by atoms with van der Waals surface area (Å²) >= 11 is 0. The second kappa shape index (κ2) is 9.80. The Bertz CT molecular complexity index is 839. The Morgan fingerprint density at radius 3 is 2.83 bits per heavy atom. The smallest absolute Gasteiger partial charge is 0.410 e. The average Bonchev–Trinajstić information content (AvgIpc) is 3.31. The summed E-state index contributed by atoms with van der Waals surface area (Å²) in [6.45, 7) is 1.53. The second-order valence-electron chi connectivity index (χ2n) is 7.62. The highest BCUT2D eigenvalue weighted by atomic mass is 16.6. The number of carbonyl (C=O) groups excluding carboxylic acids is 1. The van der Waals surface area contributed by atoms with E-state index in [1.54, 1.807) is 18.2 Å². The molecule has 0 N–H and O–H groups in total. The van der Waals surface area contributed by atoms with E-state index in [9.17, 15) is 4.79 Å². The first-order valence-electron chi connectivity index (χ1n) is 10.5. The largest absolute Gasteiger partial charge is 0.493 e. The molecule has 1 aliphatic heterocycles. The Morgan fingerprint density at radius 2 is 2.07 bits per heavy atom. The van der Waals surface area contributed by atoms with E-state index < -0.39 is 0 Å². The molecule has 0 spiro atoms. The minimum Gasteiger partial charge on any atom is -0.493 e. The molecule has 1 aromatic heterocycles. The molecule has 160 valence electrons. The lowest BCUT2D eigenvalue weighted by Gasteiger charge is -2.32. The molecule has 4 rings (SSSR count). The lowest BCUT2D eigenvalue weighted by atomic mass is 10.1. The van der Waals surface area contributed by atoms with Crippen LogP contribution in [0.3, 0.4) is 0 Å². The summed E-state index contributed by atoms with van der Waals surface area (Å²) in [7, 11) is 1.65. The molecule has 0 radical (unpaired) electrons. The summed E-state index contributed by atoms with van der Waals surface area (Å²) in [5, 5.41) is 0. The molecule has 1 atom stereocenters. The lowest BCUT2D eigenvalue weighted by Crippen LogP contribution is -2.42. The quantitative estimate of drug-likeness (QED) is 0.711. The third kappa shape index (κ3) is 5.02. The van der Waals surface area contributed by atoms with Crippen molar-refractivity contribution in [2.24, 2.45) is 0 Å². The van der Waals surface area contributed by atoms with Gasteiger partial charge in [0.2, 0.25) is 0 Å². The summed E-state index contributed by atoms with van der Waals surface area (Å²) in [6.07, 6.45) is 5.87. The number of ether oxygens (including phenoxy) is 4. The highest BCUT2D eigenvalue weighted by molar-refractivity contribution is 5.67. The van der Waals surface area contributed by atoms with Crippen molar-refractivity contribution in [3.63, 3.8) is 0 Å². The van der Waals surface area contributed by atoms with Crippen LogP contribution in [0.2, 0.25) is 0 Å². The van der Waals surface area contributed by atoms with Gasteiger partial charge in [-0.2, -0.15) is 0 Å². The number of aromatic nitrogens is 1. The van der Waals surface area contributed by atoms with Crippen LogP contribution in [-0.4, -0.2) is 48.9 Å². The van der Waals surface area contributed by atoms with Gasteiger partial charge < -0.3 is 23.8 Å². The van der Waals surface area contributed by atoms with Crippen LogP contribution in [0.15, 0.2) is 42.6 Å². The summed E-state index contributed by atoms with van der Waals surface area (Å²) in [4.78, 5) is 18.4. The standard InChI is InChI=1S/C23H28N2O5/c1-27-20-10-9-17(14-21(20)30-19-7-2-3-8-19)22-15-25(12-13-28-22)23(26)29-16-18-6-4-5-11-24-18/h4-6,9-11,14,19,22H,2-3,7-8,12-13,15-16H2,1H3. The van der Waals surface area contributed by atoms with Gasteiger partial charge in [-0.3, -0.25) is 4.98 Å². The van der Waals surface area contributed by atoms with E-state index in [1.807, 2.05) is 36.4 Å². The van der Waals surface area contributed by atoms with Crippen molar-refractivity contribution in [1.29, 1.82) is 0 Å². The topological polar surface area (TPSA) is 70.1 Å². The van der Waals surface area contributed by atoms with Gasteiger partial charge >= 0.3 is 6.09 Å². The number of carbonyl (C=O) groups is 1. The van der Waals surface area contributed by atoms with Crippen molar-refractivity contribution >= 4 is 6.09 Å². The molecule has 2 fully saturated rings. The number of amides is 1. The van der Waals surface area contributed by atoms with Crippen LogP contribution in [0.25, 0.3) is 0 Å². The normalized spacial score (nSPS) is 19.5. The van der Waals surface area contributed by atoms with Crippen molar-refractivity contribution in [2.45, 2.75) is 44.5 Å². The first kappa shape index (κ1) is 20.5. The van der Waals surface area contributed by atoms with Gasteiger partial charge in [-0.05, 0) is 55.5 Å². The minimum atomic E-state index is -0.357. The van der Waals surface area contributed by atoms with Crippen LogP contribution in [0.1, 0.15) is 43.0 Å². The number of morpholine rings is 1. The summed E-state index contributed by atoms with van der Waals surface area (Å²) in [5.74, 6) is 1.45. The number of rotatable bonds is 6. The number of benzene rings is 1. The van der Waals surface area contributed by atoms with E-state index in [0.29, 0.717) is 25.4 Å². The van der Waals surface area contributed by atoms with Gasteiger partial charge in [-0.25, -0.2) is 4.79 Å². The van der Waals surface area contributed by atoms with Crippen LogP contribution in [0, 0.1) is 0 Å². The maximum absolute atomic E-state index is 12.5. The Labute approximate surface area is 176 Å². The third-order valence-corrected chi connectivity index (χ3v) is 5.55. The molecule has 7 nitrogen and oxygen atoms in total. The van der Waals surface area contributed by atoms with Gasteiger partial charge in [0.15, 0.2) is 11.5 Å². The Kier molecular flexibility index (Phi) is 6.69. The second-order valence-corrected chi connectivity index (χ2v) is 7.62. The highest BCUT2D eigenvalue weighted by Crippen LogP contribution is 2.35. The minimum absolute atomic E-state index is 0.156. The number of methoxy groups -OCH3 is 1. The summed E-state index contributed by atoms with van der Waals surface area (Å²) in [6, 6.07) is 11.4. The van der Waals surface area contributed by atoms with Gasteiger partial charge in [-0.1, -0.05) is 12.1 Å². The van der Waals surface area contributed by atoms with Crippen LogP contribution in [-0.2, 0) is 16.1 Å². The van der Waals surface area contributed by atoms with Crippen LogP contribution < -0.4 is 9.47 Å². The zero-order valence-corrected chi connectivity index (χ0v) is 17.3. The first-order valence-corrected chi connectivity index (χ1v) is 10.5. The van der Waals surface area contributed by atoms with Crippen molar-refractivity contribution in [2.75, 3.05) is 26.8 Å². The molecule has 1 aromatic carbocycles. The van der Waals surface area contributed by atoms with Crippen LogP contribution >= 0.6 is 0 Å². The molecule has 2 aliphatic rings. The van der Waals surface area contributed by atoms with Gasteiger partial charge in [0.1, 0.15) is 12.7 Å². The number of hydrogen-bond acceptors (Lipinski definition) is 6. The zero-order chi connectivity index (χ0) is 20.8. The summed E-state index contributed by atoms with van der Waals surface area (Å²) < 4.78 is 23.0. The van der Waals surface area contributed by atoms with E-state index in [0.717, 1.165) is 29.8 Å². The molecule has 1 saturated heterocycles. The van der Waals surface area contributed by atoms with Gasteiger partial charge in [0, 0.05) is 12.7 Å². The first-order chi connectivity index (χ1) is 14.7. The Balaban J connectivity index is 1.40. The van der Waals surface area contributed by atoms with Crippen LogP contribution in [0.5, 0.6) is 11.5 Å². The summed E-state index contributed by atoms with van der Waals surface area (Å²) in [5.41, 5.74) is 1.69. The molecule has 0 bridgehead atoms. The third-order valence-electron chi connectivity index (χ3n) is 5.55. The lowest BCUT2D eigenvalue weighted by molar-refractivity contribution is -0.0298. The average molecular weight is 412 g/mol. The molecule has 1 saturated carbocycles. The monoisotopic (exact) mass is 412 g/mol. The van der Waals surface area contributed by atoms with Gasteiger partial charge in [-0.15, -0.1) is 0 Å². The van der Waals surface area contributed by atoms with Crippen molar-refractivity contribution < 1.29 is 23.7 Å². The van der Waals surface area contributed by atoms with Crippen LogP contribution in [0.4, 0.5) is 4.79 Å². The Morgan fingerprint density at radius 1 is 1.20 bits per heavy atom.